The highest BCUT2D eigenvalue weighted by molar-refractivity contribution is 5.97. The molecule has 6 heteroatoms. The molecule has 22 heavy (non-hydrogen) atoms. The Balaban J connectivity index is 2.30. The minimum Gasteiger partial charge on any atom is -0.348 e. The number of rotatable bonds is 6. The summed E-state index contributed by atoms with van der Waals surface area (Å²) in [6.45, 7) is 8.67. The predicted octanol–water partition coefficient (Wildman–Crippen LogP) is 1.66. The molecule has 2 amide bonds. The van der Waals surface area contributed by atoms with Crippen molar-refractivity contribution in [2.24, 2.45) is 0 Å². The fourth-order valence-corrected chi connectivity index (χ4v) is 2.54. The Morgan fingerprint density at radius 3 is 2.86 bits per heavy atom. The summed E-state index contributed by atoms with van der Waals surface area (Å²) in [6, 6.07) is 0.0893. The summed E-state index contributed by atoms with van der Waals surface area (Å²) < 4.78 is 1.88. The normalized spacial score (nSPS) is 14.8. The molecule has 0 radical (unpaired) electrons. The molecule has 0 fully saturated rings. The highest BCUT2D eigenvalue weighted by Gasteiger charge is 2.27. The molecule has 1 atom stereocenters. The Bertz CT molecular complexity index is 577. The van der Waals surface area contributed by atoms with Gasteiger partial charge in [0.2, 0.25) is 0 Å². The van der Waals surface area contributed by atoms with Crippen LogP contribution >= 0.6 is 0 Å². The van der Waals surface area contributed by atoms with Crippen molar-refractivity contribution >= 4 is 11.8 Å². The minimum atomic E-state index is -0.259. The zero-order valence-electron chi connectivity index (χ0n) is 13.3. The van der Waals surface area contributed by atoms with Gasteiger partial charge in [-0.25, -0.2) is 4.98 Å². The summed E-state index contributed by atoms with van der Waals surface area (Å²) in [7, 11) is 0. The highest BCUT2D eigenvalue weighted by Crippen LogP contribution is 2.21. The van der Waals surface area contributed by atoms with Crippen molar-refractivity contribution in [1.29, 1.82) is 0 Å². The minimum absolute atomic E-state index is 0.0893. The molecule has 1 aromatic rings. The molecule has 2 heterocycles. The van der Waals surface area contributed by atoms with Crippen LogP contribution in [0, 0.1) is 0 Å². The molecular weight excluding hydrogens is 280 g/mol. The van der Waals surface area contributed by atoms with Gasteiger partial charge in [0.05, 0.1) is 5.69 Å². The quantitative estimate of drug-likeness (QED) is 0.785. The zero-order valence-corrected chi connectivity index (χ0v) is 13.3. The van der Waals surface area contributed by atoms with Crippen LogP contribution in [0.1, 0.15) is 59.9 Å². The Morgan fingerprint density at radius 2 is 2.18 bits per heavy atom. The van der Waals surface area contributed by atoms with Gasteiger partial charge in [0.25, 0.3) is 11.8 Å². The van der Waals surface area contributed by atoms with Crippen LogP contribution in [0.25, 0.3) is 0 Å². The topological polar surface area (TPSA) is 76.0 Å². The third-order valence-corrected chi connectivity index (χ3v) is 3.93. The molecule has 0 aromatic carbocycles. The molecule has 1 unspecified atom stereocenters. The van der Waals surface area contributed by atoms with Gasteiger partial charge >= 0.3 is 0 Å². The second-order valence-electron chi connectivity index (χ2n) is 5.62. The first-order chi connectivity index (χ1) is 10.6. The third-order valence-electron chi connectivity index (χ3n) is 3.93. The van der Waals surface area contributed by atoms with E-state index in [4.69, 9.17) is 0 Å². The molecule has 0 saturated heterocycles. The fourth-order valence-electron chi connectivity index (χ4n) is 2.54. The maximum absolute atomic E-state index is 12.4. The number of imidazole rings is 1. The van der Waals surface area contributed by atoms with E-state index in [1.54, 1.807) is 6.08 Å². The lowest BCUT2D eigenvalue weighted by atomic mass is 10.1. The molecule has 1 aliphatic heterocycles. The number of nitrogens with zero attached hydrogens (tertiary/aromatic N) is 2. The van der Waals surface area contributed by atoms with Crippen molar-refractivity contribution in [3.05, 3.63) is 29.9 Å². The summed E-state index contributed by atoms with van der Waals surface area (Å²) in [5, 5.41) is 5.66. The van der Waals surface area contributed by atoms with E-state index < -0.39 is 0 Å². The maximum Gasteiger partial charge on any atom is 0.287 e. The Kier molecular flexibility index (Phi) is 5.35. The van der Waals surface area contributed by atoms with Crippen LogP contribution in [-0.4, -0.2) is 34.0 Å². The van der Waals surface area contributed by atoms with Crippen LogP contribution in [0.15, 0.2) is 12.7 Å². The van der Waals surface area contributed by atoms with Crippen LogP contribution in [0.5, 0.6) is 0 Å². The molecule has 0 bridgehead atoms. The average molecular weight is 304 g/mol. The van der Waals surface area contributed by atoms with Gasteiger partial charge in [0, 0.05) is 19.1 Å². The lowest BCUT2D eigenvalue weighted by Gasteiger charge is -2.17. The van der Waals surface area contributed by atoms with Crippen molar-refractivity contribution in [1.82, 2.24) is 20.2 Å². The number of carbonyl (C=O) groups is 2. The monoisotopic (exact) mass is 304 g/mol. The van der Waals surface area contributed by atoms with Crippen LogP contribution < -0.4 is 10.6 Å². The molecule has 0 saturated carbocycles. The van der Waals surface area contributed by atoms with E-state index in [-0.39, 0.29) is 17.9 Å². The second-order valence-corrected chi connectivity index (χ2v) is 5.62. The lowest BCUT2D eigenvalue weighted by Crippen LogP contribution is -2.33. The van der Waals surface area contributed by atoms with Gasteiger partial charge in [-0.1, -0.05) is 13.0 Å². The SMILES string of the molecule is C=CCNC(=O)c1nc(C(=O)NC(C)CC)c2n1CCCC2. The van der Waals surface area contributed by atoms with Gasteiger partial charge in [0.1, 0.15) is 5.69 Å². The molecule has 2 N–H and O–H groups in total. The van der Waals surface area contributed by atoms with Crippen molar-refractivity contribution in [3.8, 4) is 0 Å². The average Bonchev–Trinajstić information content (AvgIpc) is 2.92. The summed E-state index contributed by atoms with van der Waals surface area (Å²) in [5.41, 5.74) is 1.26. The van der Waals surface area contributed by atoms with Crippen molar-refractivity contribution < 1.29 is 9.59 Å². The summed E-state index contributed by atoms with van der Waals surface area (Å²) in [6.07, 6.45) is 5.27. The number of amides is 2. The van der Waals surface area contributed by atoms with E-state index in [2.05, 4.69) is 22.2 Å². The number of hydrogen-bond donors (Lipinski definition) is 2. The van der Waals surface area contributed by atoms with E-state index in [0.717, 1.165) is 37.9 Å². The molecule has 6 nitrogen and oxygen atoms in total. The van der Waals surface area contributed by atoms with E-state index in [1.165, 1.54) is 0 Å². The van der Waals surface area contributed by atoms with Crippen molar-refractivity contribution in [2.75, 3.05) is 6.54 Å². The smallest absolute Gasteiger partial charge is 0.287 e. The van der Waals surface area contributed by atoms with E-state index >= 15 is 0 Å². The van der Waals surface area contributed by atoms with Gasteiger partial charge in [-0.05, 0) is 32.6 Å². The largest absolute Gasteiger partial charge is 0.348 e. The van der Waals surface area contributed by atoms with Gasteiger partial charge in [-0.2, -0.15) is 0 Å². The molecule has 1 aliphatic rings. The third kappa shape index (κ3) is 3.37. The Labute approximate surface area is 131 Å². The zero-order chi connectivity index (χ0) is 16.1. The molecule has 1 aromatic heterocycles. The predicted molar refractivity (Wildman–Crippen MR) is 84.9 cm³/mol. The highest BCUT2D eigenvalue weighted by atomic mass is 16.2. The van der Waals surface area contributed by atoms with Gasteiger partial charge in [-0.15, -0.1) is 6.58 Å². The fraction of sp³-hybridized carbons (Fsp3) is 0.562. The van der Waals surface area contributed by atoms with Gasteiger partial charge in [0.15, 0.2) is 5.82 Å². The molecule has 2 rings (SSSR count). The Hall–Kier alpha value is -2.11. The maximum atomic E-state index is 12.4. The van der Waals surface area contributed by atoms with Crippen LogP contribution in [0.4, 0.5) is 0 Å². The van der Waals surface area contributed by atoms with E-state index in [0.29, 0.717) is 18.1 Å². The first kappa shape index (κ1) is 16.3. The molecule has 0 spiro atoms. The summed E-state index contributed by atoms with van der Waals surface area (Å²) in [4.78, 5) is 29.0. The van der Waals surface area contributed by atoms with Gasteiger partial charge < -0.3 is 15.2 Å². The van der Waals surface area contributed by atoms with Crippen LogP contribution in [0.2, 0.25) is 0 Å². The van der Waals surface area contributed by atoms with Crippen molar-refractivity contribution in [3.63, 3.8) is 0 Å². The Morgan fingerprint density at radius 1 is 1.41 bits per heavy atom. The van der Waals surface area contributed by atoms with Gasteiger partial charge in [-0.3, -0.25) is 9.59 Å². The number of hydrogen-bond acceptors (Lipinski definition) is 3. The summed E-state index contributed by atoms with van der Waals surface area (Å²) in [5.74, 6) is -0.126. The molecule has 120 valence electrons. The standard InChI is InChI=1S/C16H24N4O2/c1-4-9-17-16(22)14-19-13(15(21)18-11(3)5-2)12-8-6-7-10-20(12)14/h4,11H,1,5-10H2,2-3H3,(H,17,22)(H,18,21). The second kappa shape index (κ2) is 7.24. The number of aromatic nitrogens is 2. The first-order valence-electron chi connectivity index (χ1n) is 7.87. The van der Waals surface area contributed by atoms with E-state index in [1.807, 2.05) is 18.4 Å². The van der Waals surface area contributed by atoms with E-state index in [9.17, 15) is 9.59 Å². The number of carbonyl (C=O) groups excluding carboxylic acids is 2. The molecule has 0 aliphatic carbocycles. The van der Waals surface area contributed by atoms with Crippen LogP contribution in [0.3, 0.4) is 0 Å². The molecular formula is C16H24N4O2. The number of fused-ring (bicyclic) bond motifs is 1. The lowest BCUT2D eigenvalue weighted by molar-refractivity contribution is 0.0933. The first-order valence-corrected chi connectivity index (χ1v) is 7.87. The number of nitrogens with one attached hydrogen (secondary N) is 2. The summed E-state index contributed by atoms with van der Waals surface area (Å²) >= 11 is 0. The van der Waals surface area contributed by atoms with Crippen LogP contribution in [-0.2, 0) is 13.0 Å². The van der Waals surface area contributed by atoms with Crippen molar-refractivity contribution in [2.45, 2.75) is 52.1 Å².